The molecule has 0 bridgehead atoms. The Morgan fingerprint density at radius 3 is 2.62 bits per heavy atom. The van der Waals surface area contributed by atoms with Crippen molar-refractivity contribution in [3.63, 3.8) is 0 Å². The number of nitrogens with zero attached hydrogens (tertiary/aromatic N) is 1. The van der Waals surface area contributed by atoms with Crippen molar-refractivity contribution in [2.45, 2.75) is 46.6 Å². The van der Waals surface area contributed by atoms with Gasteiger partial charge in [-0.15, -0.1) is 0 Å². The van der Waals surface area contributed by atoms with Gasteiger partial charge in [0.2, 0.25) is 0 Å². The summed E-state index contributed by atoms with van der Waals surface area (Å²) in [6.45, 7) is 8.79. The van der Waals surface area contributed by atoms with E-state index in [-0.39, 0.29) is 11.2 Å². The van der Waals surface area contributed by atoms with Crippen LogP contribution in [0.15, 0.2) is 27.4 Å². The Hall–Kier alpha value is -1.55. The Morgan fingerprint density at radius 2 is 2.00 bits per heavy atom. The predicted molar refractivity (Wildman–Crippen MR) is 84.3 cm³/mol. The van der Waals surface area contributed by atoms with E-state index in [2.05, 4.69) is 27.7 Å². The monoisotopic (exact) mass is 291 g/mol. The Morgan fingerprint density at radius 1 is 1.33 bits per heavy atom. The van der Waals surface area contributed by atoms with Gasteiger partial charge in [0, 0.05) is 7.05 Å². The standard InChI is InChI=1S/C17H25NO3/c1-11(10-17(2,3)4)8-14(19)12-6-7-13-15(9-12)21-16(20)18(13)5/h6-7,9,11,14,19H,8,10H2,1-5H3. The first-order valence-corrected chi connectivity index (χ1v) is 7.45. The predicted octanol–water partition coefficient (Wildman–Crippen LogP) is 3.63. The Bertz CT molecular complexity index is 675. The van der Waals surface area contributed by atoms with E-state index in [1.54, 1.807) is 13.1 Å². The van der Waals surface area contributed by atoms with Crippen molar-refractivity contribution in [1.29, 1.82) is 0 Å². The van der Waals surface area contributed by atoms with Crippen LogP contribution >= 0.6 is 0 Å². The van der Waals surface area contributed by atoms with Crippen molar-refractivity contribution in [1.82, 2.24) is 4.57 Å². The molecule has 0 radical (unpaired) electrons. The second kappa shape index (κ2) is 5.68. The highest BCUT2D eigenvalue weighted by atomic mass is 16.4. The summed E-state index contributed by atoms with van der Waals surface area (Å²) in [5.41, 5.74) is 2.34. The summed E-state index contributed by atoms with van der Waals surface area (Å²) in [5.74, 6) is 0.0521. The fourth-order valence-corrected chi connectivity index (χ4v) is 3.00. The summed E-state index contributed by atoms with van der Waals surface area (Å²) in [5, 5.41) is 10.4. The topological polar surface area (TPSA) is 55.4 Å². The van der Waals surface area contributed by atoms with Gasteiger partial charge in [-0.1, -0.05) is 33.8 Å². The van der Waals surface area contributed by atoms with Gasteiger partial charge in [-0.25, -0.2) is 4.79 Å². The van der Waals surface area contributed by atoms with Gasteiger partial charge in [-0.2, -0.15) is 0 Å². The van der Waals surface area contributed by atoms with Crippen molar-refractivity contribution in [3.05, 3.63) is 34.3 Å². The third-order valence-electron chi connectivity index (χ3n) is 3.79. The minimum Gasteiger partial charge on any atom is -0.408 e. The molecule has 0 spiro atoms. The smallest absolute Gasteiger partial charge is 0.408 e. The van der Waals surface area contributed by atoms with Crippen molar-refractivity contribution in [2.75, 3.05) is 0 Å². The summed E-state index contributed by atoms with van der Waals surface area (Å²) in [6, 6.07) is 5.46. The Balaban J connectivity index is 2.16. The number of oxazole rings is 1. The molecule has 0 aliphatic rings. The minimum atomic E-state index is -0.530. The molecule has 0 saturated carbocycles. The lowest BCUT2D eigenvalue weighted by Crippen LogP contribution is -2.13. The van der Waals surface area contributed by atoms with E-state index in [0.717, 1.165) is 17.5 Å². The van der Waals surface area contributed by atoms with E-state index in [0.29, 0.717) is 17.9 Å². The lowest BCUT2D eigenvalue weighted by atomic mass is 9.82. The maximum Gasteiger partial charge on any atom is 0.419 e. The molecule has 0 aliphatic heterocycles. The maximum absolute atomic E-state index is 11.5. The Labute approximate surface area is 125 Å². The van der Waals surface area contributed by atoms with Crippen molar-refractivity contribution in [3.8, 4) is 0 Å². The molecule has 0 saturated heterocycles. The average Bonchev–Trinajstić information content (AvgIpc) is 2.62. The molecular formula is C17H25NO3. The maximum atomic E-state index is 11.5. The molecule has 1 aromatic heterocycles. The lowest BCUT2D eigenvalue weighted by molar-refractivity contribution is 0.134. The number of aliphatic hydroxyl groups is 1. The van der Waals surface area contributed by atoms with E-state index in [1.165, 1.54) is 4.57 Å². The number of rotatable bonds is 4. The zero-order valence-corrected chi connectivity index (χ0v) is 13.5. The van der Waals surface area contributed by atoms with Crippen molar-refractivity contribution >= 4 is 11.1 Å². The first kappa shape index (κ1) is 15.8. The van der Waals surface area contributed by atoms with Crippen LogP contribution < -0.4 is 5.76 Å². The summed E-state index contributed by atoms with van der Waals surface area (Å²) in [4.78, 5) is 11.5. The molecule has 0 amide bonds. The third kappa shape index (κ3) is 3.76. The van der Waals surface area contributed by atoms with Crippen LogP contribution in [-0.4, -0.2) is 9.67 Å². The molecule has 2 atom stereocenters. The molecule has 1 aromatic carbocycles. The van der Waals surface area contributed by atoms with Gasteiger partial charge in [-0.3, -0.25) is 4.57 Å². The van der Waals surface area contributed by atoms with E-state index >= 15 is 0 Å². The zero-order chi connectivity index (χ0) is 15.8. The molecule has 116 valence electrons. The molecule has 4 heteroatoms. The van der Waals surface area contributed by atoms with Gasteiger partial charge in [0.1, 0.15) is 0 Å². The second-order valence-corrected chi connectivity index (χ2v) is 7.28. The van der Waals surface area contributed by atoms with Gasteiger partial charge < -0.3 is 9.52 Å². The van der Waals surface area contributed by atoms with Gasteiger partial charge in [0.05, 0.1) is 11.6 Å². The van der Waals surface area contributed by atoms with Crippen LogP contribution in [0.2, 0.25) is 0 Å². The van der Waals surface area contributed by atoms with E-state index in [1.807, 2.05) is 12.1 Å². The zero-order valence-electron chi connectivity index (χ0n) is 13.5. The van der Waals surface area contributed by atoms with Crippen LogP contribution in [0.5, 0.6) is 0 Å². The number of aliphatic hydroxyl groups excluding tert-OH is 1. The summed E-state index contributed by atoms with van der Waals surface area (Å²) in [7, 11) is 1.68. The summed E-state index contributed by atoms with van der Waals surface area (Å²) < 4.78 is 6.64. The van der Waals surface area contributed by atoms with Crippen LogP contribution in [0.3, 0.4) is 0 Å². The van der Waals surface area contributed by atoms with Crippen molar-refractivity contribution < 1.29 is 9.52 Å². The highest BCUT2D eigenvalue weighted by molar-refractivity contribution is 5.73. The van der Waals surface area contributed by atoms with E-state index < -0.39 is 6.10 Å². The number of hydrogen-bond acceptors (Lipinski definition) is 3. The molecule has 4 nitrogen and oxygen atoms in total. The van der Waals surface area contributed by atoms with Gasteiger partial charge >= 0.3 is 5.76 Å². The molecule has 2 aromatic rings. The largest absolute Gasteiger partial charge is 0.419 e. The van der Waals surface area contributed by atoms with Gasteiger partial charge in [0.15, 0.2) is 5.58 Å². The minimum absolute atomic E-state index is 0.259. The third-order valence-corrected chi connectivity index (χ3v) is 3.79. The molecule has 21 heavy (non-hydrogen) atoms. The summed E-state index contributed by atoms with van der Waals surface area (Å²) in [6.07, 6.45) is 1.24. The molecule has 0 fully saturated rings. The van der Waals surface area contributed by atoms with E-state index in [9.17, 15) is 9.90 Å². The van der Waals surface area contributed by atoms with Crippen LogP contribution in [0, 0.1) is 11.3 Å². The van der Waals surface area contributed by atoms with Gasteiger partial charge in [0.25, 0.3) is 0 Å². The number of aromatic nitrogens is 1. The normalized spacial score (nSPS) is 15.3. The van der Waals surface area contributed by atoms with Crippen molar-refractivity contribution in [2.24, 2.45) is 18.4 Å². The number of hydrogen-bond donors (Lipinski definition) is 1. The number of benzene rings is 1. The average molecular weight is 291 g/mol. The highest BCUT2D eigenvalue weighted by Crippen LogP contribution is 2.31. The first-order valence-electron chi connectivity index (χ1n) is 7.45. The molecule has 1 heterocycles. The molecule has 2 rings (SSSR count). The van der Waals surface area contributed by atoms with Crippen LogP contribution in [-0.2, 0) is 7.05 Å². The Kier molecular flexibility index (Phi) is 4.28. The number of fused-ring (bicyclic) bond motifs is 1. The fraction of sp³-hybridized carbons (Fsp3) is 0.588. The first-order chi connectivity index (χ1) is 9.67. The van der Waals surface area contributed by atoms with Crippen LogP contribution in [0.1, 0.15) is 52.2 Å². The fourth-order valence-electron chi connectivity index (χ4n) is 3.00. The highest BCUT2D eigenvalue weighted by Gasteiger charge is 2.19. The SMILES string of the molecule is CC(CC(O)c1ccc2c(c1)oc(=O)n2C)CC(C)(C)C. The number of aryl methyl sites for hydroxylation is 1. The molecule has 0 aliphatic carbocycles. The molecule has 1 N–H and O–H groups in total. The molecular weight excluding hydrogens is 266 g/mol. The van der Waals surface area contributed by atoms with Crippen LogP contribution in [0.25, 0.3) is 11.1 Å². The quantitative estimate of drug-likeness (QED) is 0.936. The second-order valence-electron chi connectivity index (χ2n) is 7.28. The molecule has 2 unspecified atom stereocenters. The van der Waals surface area contributed by atoms with E-state index in [4.69, 9.17) is 4.42 Å². The van der Waals surface area contributed by atoms with Gasteiger partial charge in [-0.05, 0) is 41.9 Å². The lowest BCUT2D eigenvalue weighted by Gasteiger charge is -2.25. The van der Waals surface area contributed by atoms with Crippen LogP contribution in [0.4, 0.5) is 0 Å². The summed E-state index contributed by atoms with van der Waals surface area (Å²) >= 11 is 0.